The molecule has 0 unspecified atom stereocenters. The Kier molecular flexibility index (Phi) is 8.51. The van der Waals surface area contributed by atoms with Gasteiger partial charge in [0, 0.05) is 37.9 Å². The van der Waals surface area contributed by atoms with Gasteiger partial charge in [0.25, 0.3) is 0 Å². The van der Waals surface area contributed by atoms with Crippen molar-refractivity contribution in [1.82, 2.24) is 4.90 Å². The van der Waals surface area contributed by atoms with Crippen LogP contribution in [0, 0.1) is 0 Å². The van der Waals surface area contributed by atoms with Crippen LogP contribution in [-0.2, 0) is 19.4 Å². The summed E-state index contributed by atoms with van der Waals surface area (Å²) >= 11 is 0. The van der Waals surface area contributed by atoms with E-state index in [0.717, 1.165) is 75.5 Å². The number of ether oxygens (including phenoxy) is 3. The number of hydrogen-bond donors (Lipinski definition) is 1. The van der Waals surface area contributed by atoms with Gasteiger partial charge in [-0.25, -0.2) is 0 Å². The van der Waals surface area contributed by atoms with E-state index in [1.54, 1.807) is 20.3 Å². The van der Waals surface area contributed by atoms with Crippen LogP contribution in [0.25, 0.3) is 0 Å². The second-order valence-corrected chi connectivity index (χ2v) is 10.9. The molecule has 1 N–H and O–H groups in total. The number of anilines is 1. The number of likely N-dealkylation sites (tertiary alicyclic amines) is 1. The number of fused-ring (bicyclic) bond motifs is 1. The number of phenols is 1. The lowest BCUT2D eigenvalue weighted by Crippen LogP contribution is -2.35. The Morgan fingerprint density at radius 3 is 2.31 bits per heavy atom. The first-order chi connectivity index (χ1) is 19.0. The first-order valence-corrected chi connectivity index (χ1v) is 14.2. The summed E-state index contributed by atoms with van der Waals surface area (Å²) in [5.41, 5.74) is 6.29. The van der Waals surface area contributed by atoms with Crippen LogP contribution in [0.3, 0.4) is 0 Å². The molecule has 6 heteroatoms. The third-order valence-electron chi connectivity index (χ3n) is 8.38. The van der Waals surface area contributed by atoms with Gasteiger partial charge in [0.1, 0.15) is 17.6 Å². The molecule has 0 spiro atoms. The topological polar surface area (TPSA) is 54.4 Å². The highest BCUT2D eigenvalue weighted by Gasteiger charge is 2.26. The molecule has 6 nitrogen and oxygen atoms in total. The third kappa shape index (κ3) is 6.27. The van der Waals surface area contributed by atoms with Gasteiger partial charge in [-0.15, -0.1) is 0 Å². The lowest BCUT2D eigenvalue weighted by atomic mass is 9.79. The predicted octanol–water partition coefficient (Wildman–Crippen LogP) is 6.18. The van der Waals surface area contributed by atoms with Crippen LogP contribution < -0.4 is 19.1 Å². The van der Waals surface area contributed by atoms with E-state index in [2.05, 4.69) is 66.2 Å². The van der Waals surface area contributed by atoms with E-state index in [0.29, 0.717) is 17.8 Å². The van der Waals surface area contributed by atoms with Gasteiger partial charge in [-0.3, -0.25) is 0 Å². The number of nitrogens with zero attached hydrogens (tertiary/aromatic N) is 2. The second-order valence-electron chi connectivity index (χ2n) is 10.9. The molecule has 5 rings (SSSR count). The molecular formula is C33H42N2O4. The summed E-state index contributed by atoms with van der Waals surface area (Å²) in [7, 11) is 5.57. The summed E-state index contributed by atoms with van der Waals surface area (Å²) in [4.78, 5) is 4.79. The highest BCUT2D eigenvalue weighted by molar-refractivity contribution is 5.64. The fraction of sp³-hybridized carbons (Fsp3) is 0.455. The van der Waals surface area contributed by atoms with E-state index >= 15 is 0 Å². The van der Waals surface area contributed by atoms with Crippen LogP contribution in [0.1, 0.15) is 54.4 Å². The maximum atomic E-state index is 9.95. The molecule has 0 amide bonds. The van der Waals surface area contributed by atoms with E-state index in [1.165, 1.54) is 27.9 Å². The van der Waals surface area contributed by atoms with Gasteiger partial charge in [-0.05, 0) is 105 Å². The van der Waals surface area contributed by atoms with Crippen molar-refractivity contribution in [3.05, 3.63) is 76.9 Å². The lowest BCUT2D eigenvalue weighted by Gasteiger charge is -2.32. The molecule has 3 aromatic rings. The van der Waals surface area contributed by atoms with Gasteiger partial charge in [-0.1, -0.05) is 18.2 Å². The highest BCUT2D eigenvalue weighted by Crippen LogP contribution is 2.43. The van der Waals surface area contributed by atoms with Crippen molar-refractivity contribution < 1.29 is 19.3 Å². The van der Waals surface area contributed by atoms with Crippen LogP contribution in [0.5, 0.6) is 23.0 Å². The smallest absolute Gasteiger partial charge is 0.162 e. The Morgan fingerprint density at radius 1 is 0.897 bits per heavy atom. The minimum atomic E-state index is 0.304. The monoisotopic (exact) mass is 530 g/mol. The summed E-state index contributed by atoms with van der Waals surface area (Å²) in [6.07, 6.45) is 5.39. The molecule has 2 aliphatic rings. The van der Waals surface area contributed by atoms with E-state index in [1.807, 2.05) is 6.07 Å². The second kappa shape index (κ2) is 12.2. The Morgan fingerprint density at radius 2 is 1.62 bits per heavy atom. The number of methoxy groups -OCH3 is 2. The predicted molar refractivity (Wildman–Crippen MR) is 157 cm³/mol. The maximum Gasteiger partial charge on any atom is 0.162 e. The van der Waals surface area contributed by atoms with Crippen LogP contribution in [0.15, 0.2) is 54.6 Å². The molecule has 0 saturated carbocycles. The molecule has 0 bridgehead atoms. The van der Waals surface area contributed by atoms with E-state index in [4.69, 9.17) is 14.2 Å². The Balaban J connectivity index is 1.38. The van der Waals surface area contributed by atoms with Crippen LogP contribution >= 0.6 is 0 Å². The van der Waals surface area contributed by atoms with E-state index in [9.17, 15) is 5.11 Å². The zero-order valence-electron chi connectivity index (χ0n) is 23.8. The van der Waals surface area contributed by atoms with Gasteiger partial charge in [0.05, 0.1) is 14.2 Å². The average Bonchev–Trinajstić information content (AvgIpc) is 2.97. The van der Waals surface area contributed by atoms with Crippen molar-refractivity contribution in [2.24, 2.45) is 0 Å². The zero-order valence-corrected chi connectivity index (χ0v) is 23.8. The van der Waals surface area contributed by atoms with Gasteiger partial charge in [0.2, 0.25) is 0 Å². The Labute approximate surface area is 233 Å². The molecule has 0 radical (unpaired) electrons. The van der Waals surface area contributed by atoms with Crippen LogP contribution in [-0.4, -0.2) is 57.0 Å². The van der Waals surface area contributed by atoms with Crippen molar-refractivity contribution in [2.45, 2.75) is 57.6 Å². The fourth-order valence-electron chi connectivity index (χ4n) is 6.05. The zero-order chi connectivity index (χ0) is 27.4. The molecule has 1 aliphatic heterocycles. The summed E-state index contributed by atoms with van der Waals surface area (Å²) < 4.78 is 17.7. The number of phenolic OH excluding ortho intramolecular Hbond substituents is 1. The quantitative estimate of drug-likeness (QED) is 0.357. The number of piperidine rings is 1. The van der Waals surface area contributed by atoms with Gasteiger partial charge < -0.3 is 29.1 Å². The van der Waals surface area contributed by atoms with Crippen molar-refractivity contribution in [2.75, 3.05) is 45.8 Å². The average molecular weight is 531 g/mol. The molecular weight excluding hydrogens is 488 g/mol. The largest absolute Gasteiger partial charge is 0.508 e. The summed E-state index contributed by atoms with van der Waals surface area (Å²) in [6, 6.07) is 18.7. The van der Waals surface area contributed by atoms with Gasteiger partial charge in [-0.2, -0.15) is 0 Å². The molecule has 0 aromatic heterocycles. The first-order valence-electron chi connectivity index (χ1n) is 14.2. The number of benzene rings is 3. The van der Waals surface area contributed by atoms with Crippen molar-refractivity contribution in [1.29, 1.82) is 0 Å². The number of aromatic hydroxyl groups is 1. The molecule has 1 saturated heterocycles. The summed E-state index contributed by atoms with van der Waals surface area (Å²) in [6.45, 7) is 6.06. The minimum absolute atomic E-state index is 0.304. The molecule has 39 heavy (non-hydrogen) atoms. The standard InChI is InChI=1S/C33H42N2O4/c1-5-35(22-23-6-12-28(13-7-23)39-29-14-16-34(2)17-15-29)31-21-33(38-4)32(37-3)20-30(31)26-9-8-25-19-27(36)11-10-24(25)18-26/h6-7,10-13,19-21,26,29,36H,5,8-9,14-18,22H2,1-4H3/t26-/m1/s1. The lowest BCUT2D eigenvalue weighted by molar-refractivity contribution is 0.114. The van der Waals surface area contributed by atoms with Crippen LogP contribution in [0.4, 0.5) is 5.69 Å². The molecule has 1 heterocycles. The molecule has 1 atom stereocenters. The third-order valence-corrected chi connectivity index (χ3v) is 8.38. The maximum absolute atomic E-state index is 9.95. The SMILES string of the molecule is CCN(Cc1ccc(OC2CCN(C)CC2)cc1)c1cc(OC)c(OC)cc1[C@@H]1CCc2cc(O)ccc2C1. The van der Waals surface area contributed by atoms with Crippen molar-refractivity contribution >= 4 is 5.69 Å². The Hall–Kier alpha value is -3.38. The van der Waals surface area contributed by atoms with Crippen molar-refractivity contribution in [3.8, 4) is 23.0 Å². The van der Waals surface area contributed by atoms with E-state index in [-0.39, 0.29) is 0 Å². The molecule has 1 fully saturated rings. The number of hydrogen-bond acceptors (Lipinski definition) is 6. The fourth-order valence-corrected chi connectivity index (χ4v) is 6.05. The summed E-state index contributed by atoms with van der Waals surface area (Å²) in [5.74, 6) is 3.17. The minimum Gasteiger partial charge on any atom is -0.508 e. The van der Waals surface area contributed by atoms with Gasteiger partial charge in [0.15, 0.2) is 11.5 Å². The summed E-state index contributed by atoms with van der Waals surface area (Å²) in [5, 5.41) is 9.95. The van der Waals surface area contributed by atoms with Crippen molar-refractivity contribution in [3.63, 3.8) is 0 Å². The van der Waals surface area contributed by atoms with E-state index < -0.39 is 0 Å². The highest BCUT2D eigenvalue weighted by atomic mass is 16.5. The van der Waals surface area contributed by atoms with Gasteiger partial charge >= 0.3 is 0 Å². The number of aryl methyl sites for hydroxylation is 1. The molecule has 3 aromatic carbocycles. The number of rotatable bonds is 9. The first kappa shape index (κ1) is 27.2. The molecule has 208 valence electrons. The van der Waals surface area contributed by atoms with Crippen LogP contribution in [0.2, 0.25) is 0 Å². The normalized spacial score (nSPS) is 17.9. The molecule has 1 aliphatic carbocycles. The Bertz CT molecular complexity index is 1250.